The topological polar surface area (TPSA) is 9.23 Å². The molecule has 1 fully saturated rings. The summed E-state index contributed by atoms with van der Waals surface area (Å²) in [6.07, 6.45) is 38.1. The molecule has 0 spiro atoms. The molecular formula is C51H44O. The highest BCUT2D eigenvalue weighted by Gasteiger charge is 2.52. The second-order valence-corrected chi connectivity index (χ2v) is 16.3. The molecule has 6 atom stereocenters. The van der Waals surface area contributed by atoms with Crippen LogP contribution in [0.15, 0.2) is 167 Å². The molecule has 52 heavy (non-hydrogen) atoms. The van der Waals surface area contributed by atoms with E-state index in [1.54, 1.807) is 0 Å². The van der Waals surface area contributed by atoms with Crippen LogP contribution in [0.25, 0.3) is 17.7 Å². The SMILES string of the molecule is CC12CC=C(C3=CC4C(=C(C5C=C6CCC=CC6=CC5)c5ccccc5C4c4ccc5c(c4)C=CCC5)C=C3)C=C1OC1C=Cc3ccccc3C12. The van der Waals surface area contributed by atoms with Gasteiger partial charge in [-0.1, -0.05) is 140 Å². The maximum atomic E-state index is 6.84. The van der Waals surface area contributed by atoms with E-state index < -0.39 is 0 Å². The van der Waals surface area contributed by atoms with Crippen LogP contribution < -0.4 is 0 Å². The van der Waals surface area contributed by atoms with Crippen LogP contribution in [0.4, 0.5) is 0 Å². The molecule has 0 aromatic heterocycles. The van der Waals surface area contributed by atoms with E-state index in [2.05, 4.69) is 153 Å². The molecule has 3 aromatic carbocycles. The van der Waals surface area contributed by atoms with Crippen LogP contribution >= 0.6 is 0 Å². The second kappa shape index (κ2) is 11.7. The van der Waals surface area contributed by atoms with Crippen LogP contribution in [-0.4, -0.2) is 6.10 Å². The Labute approximate surface area is 308 Å². The highest BCUT2D eigenvalue weighted by Crippen LogP contribution is 2.59. The van der Waals surface area contributed by atoms with E-state index in [9.17, 15) is 0 Å². The van der Waals surface area contributed by atoms with Crippen molar-refractivity contribution in [3.05, 3.63) is 206 Å². The van der Waals surface area contributed by atoms with Gasteiger partial charge in [0.25, 0.3) is 0 Å². The molecule has 1 heteroatoms. The fraction of sp³-hybridized carbons (Fsp3) is 0.255. The van der Waals surface area contributed by atoms with E-state index in [1.165, 1.54) is 72.4 Å². The number of hydrogen-bond acceptors (Lipinski definition) is 1. The minimum Gasteiger partial charge on any atom is -0.489 e. The molecule has 0 saturated carbocycles. The highest BCUT2D eigenvalue weighted by molar-refractivity contribution is 5.82. The third kappa shape index (κ3) is 4.61. The fourth-order valence-electron chi connectivity index (χ4n) is 10.8. The summed E-state index contributed by atoms with van der Waals surface area (Å²) in [4.78, 5) is 0. The Morgan fingerprint density at radius 2 is 1.60 bits per heavy atom. The van der Waals surface area contributed by atoms with Gasteiger partial charge in [-0.3, -0.25) is 0 Å². The van der Waals surface area contributed by atoms with Crippen molar-refractivity contribution in [2.75, 3.05) is 0 Å². The summed E-state index contributed by atoms with van der Waals surface area (Å²) in [5, 5.41) is 0. The van der Waals surface area contributed by atoms with Crippen LogP contribution in [0.3, 0.4) is 0 Å². The van der Waals surface area contributed by atoms with E-state index in [0.717, 1.165) is 44.3 Å². The maximum absolute atomic E-state index is 6.84. The summed E-state index contributed by atoms with van der Waals surface area (Å²) < 4.78 is 6.84. The molecule has 1 heterocycles. The maximum Gasteiger partial charge on any atom is 0.125 e. The van der Waals surface area contributed by atoms with Crippen molar-refractivity contribution in [3.8, 4) is 0 Å². The predicted octanol–water partition coefficient (Wildman–Crippen LogP) is 12.3. The molecule has 0 bridgehead atoms. The Bertz CT molecular complexity index is 2370. The Hall–Kier alpha value is -5.14. The highest BCUT2D eigenvalue weighted by atomic mass is 16.5. The van der Waals surface area contributed by atoms with Gasteiger partial charge in [0.2, 0.25) is 0 Å². The normalized spacial score (nSPS) is 30.2. The lowest BCUT2D eigenvalue weighted by molar-refractivity contribution is 0.189. The van der Waals surface area contributed by atoms with Gasteiger partial charge in [0.05, 0.1) is 0 Å². The summed E-state index contributed by atoms with van der Waals surface area (Å²) >= 11 is 0. The molecule has 7 aliphatic carbocycles. The summed E-state index contributed by atoms with van der Waals surface area (Å²) in [5.41, 5.74) is 18.5. The van der Waals surface area contributed by atoms with E-state index in [4.69, 9.17) is 4.74 Å². The van der Waals surface area contributed by atoms with E-state index >= 15 is 0 Å². The summed E-state index contributed by atoms with van der Waals surface area (Å²) in [6, 6.07) is 25.6. The summed E-state index contributed by atoms with van der Waals surface area (Å²) in [5.74, 6) is 2.33. The monoisotopic (exact) mass is 672 g/mol. The smallest absolute Gasteiger partial charge is 0.125 e. The Morgan fingerprint density at radius 1 is 0.731 bits per heavy atom. The third-order valence-corrected chi connectivity index (χ3v) is 13.4. The van der Waals surface area contributed by atoms with Crippen molar-refractivity contribution >= 4 is 17.7 Å². The van der Waals surface area contributed by atoms with Gasteiger partial charge in [-0.2, -0.15) is 0 Å². The molecule has 3 aromatic rings. The van der Waals surface area contributed by atoms with Crippen molar-refractivity contribution in [1.29, 1.82) is 0 Å². The first-order valence-corrected chi connectivity index (χ1v) is 19.6. The average Bonchev–Trinajstić information content (AvgIpc) is 3.51. The van der Waals surface area contributed by atoms with Crippen molar-refractivity contribution < 1.29 is 4.74 Å². The first-order chi connectivity index (χ1) is 25.6. The summed E-state index contributed by atoms with van der Waals surface area (Å²) in [7, 11) is 0. The molecule has 254 valence electrons. The van der Waals surface area contributed by atoms with Gasteiger partial charge in [-0.25, -0.2) is 0 Å². The quantitative estimate of drug-likeness (QED) is 0.269. The second-order valence-electron chi connectivity index (χ2n) is 16.3. The number of aryl methyl sites for hydroxylation is 1. The fourth-order valence-corrected chi connectivity index (χ4v) is 10.8. The van der Waals surface area contributed by atoms with Crippen molar-refractivity contribution in [2.24, 2.45) is 17.3 Å². The van der Waals surface area contributed by atoms with Gasteiger partial charge in [0.1, 0.15) is 11.9 Å². The number of benzene rings is 3. The lowest BCUT2D eigenvalue weighted by Gasteiger charge is -2.40. The van der Waals surface area contributed by atoms with E-state index in [1.807, 2.05) is 0 Å². The Kier molecular flexibility index (Phi) is 6.85. The van der Waals surface area contributed by atoms with Gasteiger partial charge in [-0.15, -0.1) is 0 Å². The molecule has 1 aliphatic heterocycles. The molecule has 0 N–H and O–H groups in total. The van der Waals surface area contributed by atoms with Gasteiger partial charge < -0.3 is 4.74 Å². The van der Waals surface area contributed by atoms with Crippen LogP contribution in [0.1, 0.15) is 89.8 Å². The minimum atomic E-state index is -0.0513. The molecule has 6 unspecified atom stereocenters. The first kappa shape index (κ1) is 30.5. The molecule has 1 saturated heterocycles. The molecule has 11 rings (SSSR count). The summed E-state index contributed by atoms with van der Waals surface area (Å²) in [6.45, 7) is 2.42. The zero-order valence-corrected chi connectivity index (χ0v) is 29.9. The van der Waals surface area contributed by atoms with Crippen LogP contribution in [0.2, 0.25) is 0 Å². The lowest BCUT2D eigenvalue weighted by Crippen LogP contribution is -2.29. The van der Waals surface area contributed by atoms with Gasteiger partial charge in [-0.05, 0) is 123 Å². The van der Waals surface area contributed by atoms with Gasteiger partial charge in [0.15, 0.2) is 0 Å². The van der Waals surface area contributed by atoms with Crippen molar-refractivity contribution in [3.63, 3.8) is 0 Å². The van der Waals surface area contributed by atoms with Gasteiger partial charge in [0, 0.05) is 29.1 Å². The molecule has 0 amide bonds. The van der Waals surface area contributed by atoms with E-state index in [0.29, 0.717) is 11.8 Å². The number of hydrogen-bond donors (Lipinski definition) is 0. The number of fused-ring (bicyclic) bond motifs is 9. The standard InChI is InChI=1S/C51H44O/c1-51-27-26-38(31-47(51)52-46-25-23-34-12-6-7-15-41(34)50(46)51)37-22-24-44-45(30-37)49(40-21-19-33-11-3-5-14-36(33)29-40)43-17-9-8-16-42(43)48(44)39-20-18-32-10-2-4-13-35(32)28-39/h2,5-10,12,14-19,21-26,28-31,39,45-46,49-50H,3-4,11,13,20,27H2,1H3. The van der Waals surface area contributed by atoms with Crippen LogP contribution in [0, 0.1) is 17.3 Å². The third-order valence-electron chi connectivity index (χ3n) is 13.4. The van der Waals surface area contributed by atoms with Crippen LogP contribution in [0.5, 0.6) is 0 Å². The van der Waals surface area contributed by atoms with Crippen LogP contribution in [-0.2, 0) is 11.2 Å². The number of allylic oxidation sites excluding steroid dienone is 17. The Balaban J connectivity index is 1.03. The van der Waals surface area contributed by atoms with Crippen molar-refractivity contribution in [2.45, 2.75) is 63.4 Å². The predicted molar refractivity (Wildman–Crippen MR) is 214 cm³/mol. The largest absolute Gasteiger partial charge is 0.489 e. The molecule has 0 radical (unpaired) electrons. The van der Waals surface area contributed by atoms with Crippen molar-refractivity contribution in [1.82, 2.24) is 0 Å². The lowest BCUT2D eigenvalue weighted by atomic mass is 9.63. The minimum absolute atomic E-state index is 0.0513. The zero-order chi connectivity index (χ0) is 34.4. The Morgan fingerprint density at radius 3 is 2.56 bits per heavy atom. The molecular weight excluding hydrogens is 629 g/mol. The number of rotatable bonds is 3. The van der Waals surface area contributed by atoms with Gasteiger partial charge >= 0.3 is 0 Å². The number of ether oxygens (including phenoxy) is 1. The molecule has 8 aliphatic rings. The van der Waals surface area contributed by atoms with E-state index in [-0.39, 0.29) is 23.4 Å². The zero-order valence-electron chi connectivity index (χ0n) is 29.9. The molecule has 1 nitrogen and oxygen atoms in total. The first-order valence-electron chi connectivity index (χ1n) is 19.6. The average molecular weight is 673 g/mol.